The van der Waals surface area contributed by atoms with E-state index >= 15 is 0 Å². The van der Waals surface area contributed by atoms with Crippen LogP contribution >= 0.6 is 0 Å². The predicted octanol–water partition coefficient (Wildman–Crippen LogP) is 3.57. The molecule has 0 bridgehead atoms. The standard InChI is InChI=1S/C24H26Si2/c1-3-25(19-21-12-7-5-8-13-21)23-16-11-17-24(18-23)26(4-2)20-22-14-9-6-10-15-22/h3-18,25-26H,1-2,19-20H2. The maximum absolute atomic E-state index is 4.15. The minimum absolute atomic E-state index is 1.13. The molecule has 0 saturated heterocycles. The van der Waals surface area contributed by atoms with Gasteiger partial charge in [0, 0.05) is 0 Å². The van der Waals surface area contributed by atoms with Crippen molar-refractivity contribution in [3.05, 3.63) is 121 Å². The molecule has 0 N–H and O–H groups in total. The zero-order valence-electron chi connectivity index (χ0n) is 15.2. The van der Waals surface area contributed by atoms with Gasteiger partial charge in [0.15, 0.2) is 0 Å². The van der Waals surface area contributed by atoms with Crippen LogP contribution in [0.4, 0.5) is 0 Å². The lowest BCUT2D eigenvalue weighted by molar-refractivity contribution is 1.37. The van der Waals surface area contributed by atoms with Crippen LogP contribution in [0.25, 0.3) is 0 Å². The summed E-state index contributed by atoms with van der Waals surface area (Å²) in [6, 6.07) is 33.1. The quantitative estimate of drug-likeness (QED) is 0.532. The van der Waals surface area contributed by atoms with Gasteiger partial charge in [-0.1, -0.05) is 118 Å². The summed E-state index contributed by atoms with van der Waals surface area (Å²) < 4.78 is 0. The minimum atomic E-state index is -1.21. The highest BCUT2D eigenvalue weighted by Crippen LogP contribution is 2.06. The van der Waals surface area contributed by atoms with Crippen LogP contribution in [0.15, 0.2) is 109 Å². The summed E-state index contributed by atoms with van der Waals surface area (Å²) in [6.07, 6.45) is 0. The molecule has 0 aliphatic carbocycles. The maximum atomic E-state index is 4.15. The first kappa shape index (κ1) is 18.4. The van der Waals surface area contributed by atoms with Crippen molar-refractivity contribution >= 4 is 28.0 Å². The van der Waals surface area contributed by atoms with Crippen molar-refractivity contribution in [1.82, 2.24) is 0 Å². The topological polar surface area (TPSA) is 0 Å². The van der Waals surface area contributed by atoms with Gasteiger partial charge in [-0.05, 0) is 12.1 Å². The summed E-state index contributed by atoms with van der Waals surface area (Å²) in [5, 5.41) is 2.99. The van der Waals surface area contributed by atoms with Crippen molar-refractivity contribution in [3.63, 3.8) is 0 Å². The lowest BCUT2D eigenvalue weighted by atomic mass is 10.2. The first-order chi connectivity index (χ1) is 12.8. The van der Waals surface area contributed by atoms with Gasteiger partial charge in [-0.15, -0.1) is 13.2 Å². The normalized spacial score (nSPS) is 12.9. The fourth-order valence-electron chi connectivity index (χ4n) is 3.43. The maximum Gasteiger partial charge on any atom is 0.0977 e. The molecule has 26 heavy (non-hydrogen) atoms. The Morgan fingerprint density at radius 2 is 1.00 bits per heavy atom. The fourth-order valence-corrected chi connectivity index (χ4v) is 8.06. The second kappa shape index (κ2) is 9.32. The van der Waals surface area contributed by atoms with Gasteiger partial charge in [0.2, 0.25) is 0 Å². The number of hydrogen-bond acceptors (Lipinski definition) is 0. The molecule has 3 rings (SSSR count). The van der Waals surface area contributed by atoms with Gasteiger partial charge in [-0.3, -0.25) is 0 Å². The Labute approximate surface area is 160 Å². The molecular formula is C24H26Si2. The molecule has 2 unspecified atom stereocenters. The van der Waals surface area contributed by atoms with E-state index in [1.165, 1.54) is 21.5 Å². The molecule has 0 spiro atoms. The molecule has 0 amide bonds. The van der Waals surface area contributed by atoms with Crippen molar-refractivity contribution in [3.8, 4) is 0 Å². The van der Waals surface area contributed by atoms with E-state index in [9.17, 15) is 0 Å². The fraction of sp³-hybridized carbons (Fsp3) is 0.0833. The SMILES string of the molecule is C=C[SiH](Cc1ccccc1)c1cccc([SiH](C=C)Cc2ccccc2)c1. The van der Waals surface area contributed by atoms with E-state index in [-0.39, 0.29) is 0 Å². The zero-order chi connectivity index (χ0) is 18.2. The predicted molar refractivity (Wildman–Crippen MR) is 121 cm³/mol. The van der Waals surface area contributed by atoms with Crippen LogP contribution in [0.3, 0.4) is 0 Å². The highest BCUT2D eigenvalue weighted by Gasteiger charge is 2.15. The van der Waals surface area contributed by atoms with Crippen LogP contribution in [0, 0.1) is 0 Å². The molecule has 0 aliphatic rings. The van der Waals surface area contributed by atoms with E-state index in [0.717, 1.165) is 12.1 Å². The Bertz CT molecular complexity index is 772. The van der Waals surface area contributed by atoms with E-state index in [0.29, 0.717) is 0 Å². The third-order valence-corrected chi connectivity index (χ3v) is 10.3. The molecule has 0 fully saturated rings. The Hall–Kier alpha value is -2.43. The van der Waals surface area contributed by atoms with Crippen molar-refractivity contribution < 1.29 is 0 Å². The van der Waals surface area contributed by atoms with Crippen molar-refractivity contribution in [1.29, 1.82) is 0 Å². The molecular weight excluding hydrogens is 344 g/mol. The van der Waals surface area contributed by atoms with Gasteiger partial charge in [-0.25, -0.2) is 0 Å². The zero-order valence-corrected chi connectivity index (χ0v) is 17.5. The van der Waals surface area contributed by atoms with Gasteiger partial charge in [-0.2, -0.15) is 0 Å². The summed E-state index contributed by atoms with van der Waals surface area (Å²) in [5.74, 6) is 0. The molecule has 0 radical (unpaired) electrons. The highest BCUT2D eigenvalue weighted by molar-refractivity contribution is 6.80. The minimum Gasteiger partial charge on any atom is -0.107 e. The molecule has 0 heterocycles. The molecule has 0 nitrogen and oxygen atoms in total. The lowest BCUT2D eigenvalue weighted by Gasteiger charge is -2.16. The number of benzene rings is 3. The van der Waals surface area contributed by atoms with E-state index < -0.39 is 17.6 Å². The largest absolute Gasteiger partial charge is 0.107 e. The summed E-state index contributed by atoms with van der Waals surface area (Å²) in [5.41, 5.74) is 7.26. The van der Waals surface area contributed by atoms with Gasteiger partial charge < -0.3 is 0 Å². The number of hydrogen-bond donors (Lipinski definition) is 0. The van der Waals surface area contributed by atoms with Crippen LogP contribution in [0.1, 0.15) is 11.1 Å². The van der Waals surface area contributed by atoms with Crippen LogP contribution in [-0.2, 0) is 12.1 Å². The molecule has 0 aliphatic heterocycles. The second-order valence-corrected chi connectivity index (χ2v) is 12.3. The molecule has 2 heteroatoms. The molecule has 0 saturated carbocycles. The monoisotopic (exact) mass is 370 g/mol. The Kier molecular flexibility index (Phi) is 6.58. The van der Waals surface area contributed by atoms with E-state index in [1.807, 2.05) is 0 Å². The summed E-state index contributed by atoms with van der Waals surface area (Å²) in [4.78, 5) is 0. The molecule has 0 aromatic heterocycles. The van der Waals surface area contributed by atoms with E-state index in [4.69, 9.17) is 0 Å². The van der Waals surface area contributed by atoms with Crippen molar-refractivity contribution in [2.24, 2.45) is 0 Å². The van der Waals surface area contributed by atoms with Crippen LogP contribution in [0.5, 0.6) is 0 Å². The third-order valence-electron chi connectivity index (χ3n) is 4.93. The molecule has 2 atom stereocenters. The Morgan fingerprint density at radius 1 is 0.577 bits per heavy atom. The molecule has 3 aromatic carbocycles. The van der Waals surface area contributed by atoms with Gasteiger partial charge in [0.05, 0.1) is 17.6 Å². The second-order valence-electron chi connectivity index (χ2n) is 6.73. The van der Waals surface area contributed by atoms with E-state index in [2.05, 4.69) is 109 Å². The van der Waals surface area contributed by atoms with E-state index in [1.54, 1.807) is 0 Å². The van der Waals surface area contributed by atoms with Crippen molar-refractivity contribution in [2.45, 2.75) is 12.1 Å². The number of rotatable bonds is 8. The summed E-state index contributed by atoms with van der Waals surface area (Å²) >= 11 is 0. The molecule has 130 valence electrons. The Morgan fingerprint density at radius 3 is 1.38 bits per heavy atom. The highest BCUT2D eigenvalue weighted by atomic mass is 28.3. The van der Waals surface area contributed by atoms with Crippen molar-refractivity contribution in [2.75, 3.05) is 0 Å². The average Bonchev–Trinajstić information content (AvgIpc) is 2.72. The van der Waals surface area contributed by atoms with Gasteiger partial charge in [0.25, 0.3) is 0 Å². The smallest absolute Gasteiger partial charge is 0.0977 e. The summed E-state index contributed by atoms with van der Waals surface area (Å²) in [7, 11) is -2.42. The first-order valence-corrected chi connectivity index (χ1v) is 13.3. The average molecular weight is 371 g/mol. The Balaban J connectivity index is 1.81. The summed E-state index contributed by atoms with van der Waals surface area (Å²) in [6.45, 7) is 8.30. The lowest BCUT2D eigenvalue weighted by Crippen LogP contribution is -2.38. The van der Waals surface area contributed by atoms with Gasteiger partial charge >= 0.3 is 0 Å². The van der Waals surface area contributed by atoms with Crippen LogP contribution in [-0.4, -0.2) is 17.6 Å². The third kappa shape index (κ3) is 4.81. The van der Waals surface area contributed by atoms with Crippen LogP contribution < -0.4 is 10.4 Å². The van der Waals surface area contributed by atoms with Crippen LogP contribution in [0.2, 0.25) is 0 Å². The van der Waals surface area contributed by atoms with Gasteiger partial charge in [0.1, 0.15) is 0 Å². The molecule has 3 aromatic rings. The first-order valence-electron chi connectivity index (χ1n) is 9.23.